The van der Waals surface area contributed by atoms with Gasteiger partial charge in [-0.3, -0.25) is 4.98 Å². The van der Waals surface area contributed by atoms with Gasteiger partial charge < -0.3 is 10.4 Å². The Hall–Kier alpha value is -3.19. The third-order valence-electron chi connectivity index (χ3n) is 4.42. The minimum atomic E-state index is -0.433. The van der Waals surface area contributed by atoms with Crippen LogP contribution in [-0.4, -0.2) is 31.2 Å². The van der Waals surface area contributed by atoms with Gasteiger partial charge >= 0.3 is 0 Å². The van der Waals surface area contributed by atoms with Crippen LogP contribution < -0.4 is 5.32 Å². The second-order valence-corrected chi connectivity index (χ2v) is 6.80. The maximum Gasteiger partial charge on any atom is 0.162 e. The minimum Gasteiger partial charge on any atom is -0.508 e. The topological polar surface area (TPSA) is 75.3 Å². The van der Waals surface area contributed by atoms with Gasteiger partial charge in [0.2, 0.25) is 0 Å². The summed E-state index contributed by atoms with van der Waals surface area (Å²) in [6, 6.07) is 10.1. The fourth-order valence-corrected chi connectivity index (χ4v) is 3.16. The van der Waals surface area contributed by atoms with Gasteiger partial charge in [0.15, 0.2) is 11.5 Å². The second kappa shape index (κ2) is 7.44. The molecule has 2 N–H and O–H groups in total. The quantitative estimate of drug-likeness (QED) is 0.492. The van der Waals surface area contributed by atoms with Crippen molar-refractivity contribution < 1.29 is 9.50 Å². The van der Waals surface area contributed by atoms with Gasteiger partial charge in [-0.05, 0) is 37.1 Å². The van der Waals surface area contributed by atoms with Crippen molar-refractivity contribution in [3.8, 4) is 17.0 Å². The molecular formula is C20H17ClFN5O. The van der Waals surface area contributed by atoms with Crippen molar-refractivity contribution in [2.45, 2.75) is 13.3 Å². The number of halogens is 2. The van der Waals surface area contributed by atoms with Gasteiger partial charge in [-0.15, -0.1) is 5.10 Å². The van der Waals surface area contributed by atoms with Crippen LogP contribution in [0.3, 0.4) is 0 Å². The lowest BCUT2D eigenvalue weighted by molar-refractivity contribution is 0.475. The zero-order valence-corrected chi connectivity index (χ0v) is 15.8. The Balaban J connectivity index is 1.59. The molecule has 0 spiro atoms. The number of nitrogens with zero attached hydrogens (tertiary/aromatic N) is 4. The fourth-order valence-electron chi connectivity index (χ4n) is 2.94. The zero-order chi connectivity index (χ0) is 19.7. The van der Waals surface area contributed by atoms with Crippen molar-refractivity contribution in [2.24, 2.45) is 0 Å². The van der Waals surface area contributed by atoms with E-state index in [2.05, 4.69) is 20.4 Å². The summed E-state index contributed by atoms with van der Waals surface area (Å²) in [5.41, 5.74) is 3.62. The first-order valence-corrected chi connectivity index (χ1v) is 9.07. The largest absolute Gasteiger partial charge is 0.508 e. The number of hydrogen-bond donors (Lipinski definition) is 2. The Morgan fingerprint density at radius 2 is 1.96 bits per heavy atom. The summed E-state index contributed by atoms with van der Waals surface area (Å²) in [6.45, 7) is 2.57. The number of phenols is 1. The molecule has 0 aliphatic heterocycles. The molecule has 0 saturated heterocycles. The maximum absolute atomic E-state index is 13.5. The van der Waals surface area contributed by atoms with E-state index in [0.29, 0.717) is 34.4 Å². The molecule has 0 amide bonds. The van der Waals surface area contributed by atoms with Crippen LogP contribution >= 0.6 is 11.6 Å². The molecule has 28 heavy (non-hydrogen) atoms. The number of benzene rings is 1. The molecule has 3 heterocycles. The van der Waals surface area contributed by atoms with Crippen molar-refractivity contribution in [3.05, 3.63) is 70.9 Å². The molecule has 0 radical (unpaired) electrons. The van der Waals surface area contributed by atoms with Crippen LogP contribution in [0.15, 0.2) is 48.8 Å². The van der Waals surface area contributed by atoms with E-state index in [4.69, 9.17) is 11.6 Å². The number of nitrogens with one attached hydrogen (secondary N) is 1. The fraction of sp³-hybridized carbons (Fsp3) is 0.150. The molecule has 1 aromatic carbocycles. The van der Waals surface area contributed by atoms with Crippen molar-refractivity contribution in [1.29, 1.82) is 0 Å². The summed E-state index contributed by atoms with van der Waals surface area (Å²) in [5.74, 6) is 0.498. The minimum absolute atomic E-state index is 0.248. The van der Waals surface area contributed by atoms with E-state index in [9.17, 15) is 9.50 Å². The number of aromatic hydroxyl groups is 1. The number of pyridine rings is 1. The van der Waals surface area contributed by atoms with E-state index in [1.54, 1.807) is 28.9 Å². The smallest absolute Gasteiger partial charge is 0.162 e. The summed E-state index contributed by atoms with van der Waals surface area (Å²) in [4.78, 5) is 8.45. The van der Waals surface area contributed by atoms with Crippen LogP contribution in [0.4, 0.5) is 10.2 Å². The van der Waals surface area contributed by atoms with Crippen LogP contribution in [0.5, 0.6) is 5.75 Å². The number of hydrogen-bond acceptors (Lipinski definition) is 5. The number of anilines is 1. The third-order valence-corrected chi connectivity index (χ3v) is 4.69. The summed E-state index contributed by atoms with van der Waals surface area (Å²) in [6.07, 6.45) is 3.46. The summed E-state index contributed by atoms with van der Waals surface area (Å²) in [5, 5.41) is 17.5. The molecule has 3 aromatic heterocycles. The molecule has 142 valence electrons. The molecule has 4 aromatic rings. The van der Waals surface area contributed by atoms with Gasteiger partial charge in [-0.1, -0.05) is 23.7 Å². The Morgan fingerprint density at radius 3 is 2.71 bits per heavy atom. The van der Waals surface area contributed by atoms with Crippen molar-refractivity contribution in [2.75, 3.05) is 11.9 Å². The Morgan fingerprint density at radius 1 is 1.18 bits per heavy atom. The van der Waals surface area contributed by atoms with Gasteiger partial charge in [-0.25, -0.2) is 13.9 Å². The van der Waals surface area contributed by atoms with Crippen LogP contribution in [-0.2, 0) is 6.42 Å². The molecule has 6 nitrogen and oxygen atoms in total. The van der Waals surface area contributed by atoms with Crippen molar-refractivity contribution in [1.82, 2.24) is 19.6 Å². The normalized spacial score (nSPS) is 11.1. The van der Waals surface area contributed by atoms with Crippen LogP contribution in [0.1, 0.15) is 11.1 Å². The molecule has 0 bridgehead atoms. The van der Waals surface area contributed by atoms with Gasteiger partial charge in [0, 0.05) is 29.9 Å². The van der Waals surface area contributed by atoms with Crippen LogP contribution in [0, 0.1) is 12.7 Å². The SMILES string of the molecule is Cc1c(NCCc2ccc(O)cc2)nn2c(Cl)cc(-c3cncc(F)c3)nc12. The Labute approximate surface area is 165 Å². The van der Waals surface area contributed by atoms with Gasteiger partial charge in [0.25, 0.3) is 0 Å². The summed E-state index contributed by atoms with van der Waals surface area (Å²) < 4.78 is 15.0. The van der Waals surface area contributed by atoms with E-state index >= 15 is 0 Å². The molecule has 8 heteroatoms. The summed E-state index contributed by atoms with van der Waals surface area (Å²) >= 11 is 6.38. The first-order valence-electron chi connectivity index (χ1n) is 8.70. The molecule has 0 aliphatic carbocycles. The van der Waals surface area contributed by atoms with E-state index in [0.717, 1.165) is 23.7 Å². The van der Waals surface area contributed by atoms with E-state index in [-0.39, 0.29) is 5.75 Å². The predicted octanol–water partition coefficient (Wildman–Crippen LogP) is 4.25. The van der Waals surface area contributed by atoms with E-state index < -0.39 is 5.82 Å². The highest BCUT2D eigenvalue weighted by molar-refractivity contribution is 6.30. The lowest BCUT2D eigenvalue weighted by Crippen LogP contribution is -2.06. The van der Waals surface area contributed by atoms with E-state index in [1.807, 2.05) is 19.1 Å². The maximum atomic E-state index is 13.5. The second-order valence-electron chi connectivity index (χ2n) is 6.41. The highest BCUT2D eigenvalue weighted by atomic mass is 35.5. The zero-order valence-electron chi connectivity index (χ0n) is 15.0. The first kappa shape index (κ1) is 18.2. The molecule has 0 aliphatic rings. The number of aryl methyl sites for hydroxylation is 1. The van der Waals surface area contributed by atoms with Gasteiger partial charge in [-0.2, -0.15) is 0 Å². The number of phenolic OH excluding ortho intramolecular Hbond substituents is 1. The highest BCUT2D eigenvalue weighted by Gasteiger charge is 2.15. The number of aromatic nitrogens is 4. The van der Waals surface area contributed by atoms with Crippen molar-refractivity contribution in [3.63, 3.8) is 0 Å². The average Bonchev–Trinajstić information content (AvgIpc) is 3.00. The average molecular weight is 398 g/mol. The highest BCUT2D eigenvalue weighted by Crippen LogP contribution is 2.26. The lowest BCUT2D eigenvalue weighted by Gasteiger charge is -2.04. The van der Waals surface area contributed by atoms with Gasteiger partial charge in [0.1, 0.15) is 16.7 Å². The molecule has 0 saturated carbocycles. The molecule has 0 atom stereocenters. The van der Waals surface area contributed by atoms with E-state index in [1.165, 1.54) is 6.07 Å². The first-order chi connectivity index (χ1) is 13.5. The Bertz CT molecular complexity index is 1140. The number of fused-ring (bicyclic) bond motifs is 1. The monoisotopic (exact) mass is 397 g/mol. The molecular weight excluding hydrogens is 381 g/mol. The van der Waals surface area contributed by atoms with Crippen LogP contribution in [0.25, 0.3) is 16.9 Å². The number of rotatable bonds is 5. The summed E-state index contributed by atoms with van der Waals surface area (Å²) in [7, 11) is 0. The van der Waals surface area contributed by atoms with Crippen molar-refractivity contribution >= 4 is 23.1 Å². The lowest BCUT2D eigenvalue weighted by atomic mass is 10.1. The third kappa shape index (κ3) is 3.61. The molecule has 4 rings (SSSR count). The standard InChI is InChI=1S/C20H17ClFN5O/c1-12-19(24-7-6-13-2-4-16(28)5-3-13)26-27-18(21)9-17(25-20(12)27)14-8-15(22)11-23-10-14/h2-5,8-11,28H,6-7H2,1H3,(H,24,26). The van der Waals surface area contributed by atoms with Crippen LogP contribution in [0.2, 0.25) is 5.15 Å². The molecule has 0 unspecified atom stereocenters. The van der Waals surface area contributed by atoms with Gasteiger partial charge in [0.05, 0.1) is 11.9 Å². The predicted molar refractivity (Wildman–Crippen MR) is 106 cm³/mol. The molecule has 0 fully saturated rings. The Kier molecular flexibility index (Phi) is 4.83.